The molecule has 1 rings (SSSR count). The number of nitrogens with zero attached hydrogens (tertiary/aromatic N) is 1. The lowest BCUT2D eigenvalue weighted by Crippen LogP contribution is -2.32. The highest BCUT2D eigenvalue weighted by atomic mass is 16.5. The Bertz CT molecular complexity index is 203. The Kier molecular flexibility index (Phi) is 6.42. The second-order valence-corrected chi connectivity index (χ2v) is 4.53. The largest absolute Gasteiger partial charge is 0.468 e. The lowest BCUT2D eigenvalue weighted by Gasteiger charge is -2.26. The van der Waals surface area contributed by atoms with Gasteiger partial charge >= 0.3 is 5.97 Å². The van der Waals surface area contributed by atoms with E-state index < -0.39 is 6.04 Å². The smallest absolute Gasteiger partial charge is 0.322 e. The number of hydrogen-bond donors (Lipinski definition) is 1. The number of likely N-dealkylation sites (tertiary alicyclic amines) is 1. The van der Waals surface area contributed by atoms with Crippen molar-refractivity contribution in [2.75, 3.05) is 26.7 Å². The molecule has 1 aliphatic heterocycles. The molecule has 1 heterocycles. The average molecular weight is 228 g/mol. The molecule has 16 heavy (non-hydrogen) atoms. The van der Waals surface area contributed by atoms with Gasteiger partial charge in [0.1, 0.15) is 6.04 Å². The quantitative estimate of drug-likeness (QED) is 0.547. The first-order valence-corrected chi connectivity index (χ1v) is 6.30. The van der Waals surface area contributed by atoms with Crippen molar-refractivity contribution >= 4 is 5.97 Å². The second-order valence-electron chi connectivity index (χ2n) is 4.53. The fraction of sp³-hybridized carbons (Fsp3) is 0.917. The van der Waals surface area contributed by atoms with Crippen LogP contribution in [0.4, 0.5) is 0 Å². The number of hydrogen-bond acceptors (Lipinski definition) is 4. The van der Waals surface area contributed by atoms with Gasteiger partial charge < -0.3 is 15.4 Å². The normalized spacial score (nSPS) is 19.4. The van der Waals surface area contributed by atoms with Crippen molar-refractivity contribution in [1.29, 1.82) is 0 Å². The van der Waals surface area contributed by atoms with Crippen LogP contribution in [0, 0.1) is 0 Å². The van der Waals surface area contributed by atoms with Crippen molar-refractivity contribution in [2.24, 2.45) is 5.73 Å². The summed E-state index contributed by atoms with van der Waals surface area (Å²) in [4.78, 5) is 13.6. The van der Waals surface area contributed by atoms with Crippen LogP contribution in [-0.2, 0) is 9.53 Å². The van der Waals surface area contributed by atoms with E-state index in [0.717, 1.165) is 25.8 Å². The highest BCUT2D eigenvalue weighted by Gasteiger charge is 2.13. The molecule has 0 aliphatic carbocycles. The van der Waals surface area contributed by atoms with Gasteiger partial charge in [0.2, 0.25) is 0 Å². The highest BCUT2D eigenvalue weighted by molar-refractivity contribution is 5.75. The maximum atomic E-state index is 11.1. The molecule has 94 valence electrons. The monoisotopic (exact) mass is 228 g/mol. The molecule has 1 atom stereocenters. The minimum atomic E-state index is -0.439. The first-order chi connectivity index (χ1) is 7.74. The number of rotatable bonds is 6. The third-order valence-electron chi connectivity index (χ3n) is 3.19. The summed E-state index contributed by atoms with van der Waals surface area (Å²) >= 11 is 0. The van der Waals surface area contributed by atoms with Crippen LogP contribution in [0.25, 0.3) is 0 Å². The molecule has 0 saturated carbocycles. The van der Waals surface area contributed by atoms with Crippen LogP contribution in [-0.4, -0.2) is 43.7 Å². The Morgan fingerprint density at radius 3 is 2.62 bits per heavy atom. The predicted molar refractivity (Wildman–Crippen MR) is 64.1 cm³/mol. The molecule has 0 spiro atoms. The van der Waals surface area contributed by atoms with Gasteiger partial charge in [0.25, 0.3) is 0 Å². The average Bonchev–Trinajstić information content (AvgIpc) is 2.34. The Hall–Kier alpha value is -0.610. The fourth-order valence-electron chi connectivity index (χ4n) is 2.15. The Balaban J connectivity index is 2.00. The fourth-order valence-corrected chi connectivity index (χ4v) is 2.15. The van der Waals surface area contributed by atoms with Crippen LogP contribution >= 0.6 is 0 Å². The summed E-state index contributed by atoms with van der Waals surface area (Å²) in [6, 6.07) is -0.439. The maximum Gasteiger partial charge on any atom is 0.322 e. The first-order valence-electron chi connectivity index (χ1n) is 6.30. The van der Waals surface area contributed by atoms with Gasteiger partial charge in [-0.15, -0.1) is 0 Å². The summed E-state index contributed by atoms with van der Waals surface area (Å²) in [5.41, 5.74) is 5.66. The van der Waals surface area contributed by atoms with Crippen LogP contribution in [0.1, 0.15) is 38.5 Å². The van der Waals surface area contributed by atoms with Crippen molar-refractivity contribution in [1.82, 2.24) is 4.90 Å². The molecule has 0 bridgehead atoms. The number of carbonyl (C=O) groups is 1. The van der Waals surface area contributed by atoms with Crippen LogP contribution < -0.4 is 5.73 Å². The van der Waals surface area contributed by atoms with E-state index in [0.29, 0.717) is 0 Å². The third kappa shape index (κ3) is 4.94. The second kappa shape index (κ2) is 7.63. The van der Waals surface area contributed by atoms with Crippen LogP contribution in [0.15, 0.2) is 0 Å². The van der Waals surface area contributed by atoms with E-state index in [2.05, 4.69) is 9.64 Å². The van der Waals surface area contributed by atoms with Gasteiger partial charge in [-0.1, -0.05) is 12.8 Å². The predicted octanol–water partition coefficient (Wildman–Crippen LogP) is 1.14. The number of unbranched alkanes of at least 4 members (excludes halogenated alkanes) is 1. The molecule has 2 N–H and O–H groups in total. The van der Waals surface area contributed by atoms with E-state index in [-0.39, 0.29) is 5.97 Å². The number of esters is 1. The highest BCUT2D eigenvalue weighted by Crippen LogP contribution is 2.10. The molecular weight excluding hydrogens is 204 g/mol. The zero-order chi connectivity index (χ0) is 11.8. The number of nitrogens with two attached hydrogens (primary N) is 1. The Morgan fingerprint density at radius 2 is 2.00 bits per heavy atom. The van der Waals surface area contributed by atoms with Crippen LogP contribution in [0.5, 0.6) is 0 Å². The first kappa shape index (κ1) is 13.5. The minimum Gasteiger partial charge on any atom is -0.468 e. The molecule has 0 aromatic heterocycles. The van der Waals surface area contributed by atoms with E-state index in [9.17, 15) is 4.79 Å². The van der Waals surface area contributed by atoms with Gasteiger partial charge in [-0.05, 0) is 45.3 Å². The van der Waals surface area contributed by atoms with Gasteiger partial charge in [-0.3, -0.25) is 4.79 Å². The molecular formula is C12H24N2O2. The Labute approximate surface area is 98.1 Å². The van der Waals surface area contributed by atoms with Crippen molar-refractivity contribution in [2.45, 2.75) is 44.6 Å². The summed E-state index contributed by atoms with van der Waals surface area (Å²) in [7, 11) is 1.38. The van der Waals surface area contributed by atoms with E-state index in [1.807, 2.05) is 0 Å². The number of ether oxygens (including phenoxy) is 1. The number of piperidine rings is 1. The van der Waals surface area contributed by atoms with Gasteiger partial charge in [-0.25, -0.2) is 0 Å². The lowest BCUT2D eigenvalue weighted by molar-refractivity contribution is -0.142. The van der Waals surface area contributed by atoms with Gasteiger partial charge in [-0.2, -0.15) is 0 Å². The lowest BCUT2D eigenvalue weighted by atomic mass is 10.1. The molecule has 4 heteroatoms. The zero-order valence-corrected chi connectivity index (χ0v) is 10.3. The van der Waals surface area contributed by atoms with Crippen molar-refractivity contribution < 1.29 is 9.53 Å². The van der Waals surface area contributed by atoms with Crippen molar-refractivity contribution in [3.63, 3.8) is 0 Å². The maximum absolute atomic E-state index is 11.1. The summed E-state index contributed by atoms with van der Waals surface area (Å²) < 4.78 is 4.58. The van der Waals surface area contributed by atoms with E-state index in [4.69, 9.17) is 5.73 Å². The standard InChI is InChI=1S/C12H24N2O2/c1-16-12(15)11(13)7-3-6-10-14-8-4-2-5-9-14/h11H,2-10,13H2,1H3/t11-/m1/s1. The Morgan fingerprint density at radius 1 is 1.31 bits per heavy atom. The molecule has 0 radical (unpaired) electrons. The van der Waals surface area contributed by atoms with Gasteiger partial charge in [0.15, 0.2) is 0 Å². The summed E-state index contributed by atoms with van der Waals surface area (Å²) in [5.74, 6) is -0.294. The molecule has 4 nitrogen and oxygen atoms in total. The molecule has 0 aromatic rings. The number of methoxy groups -OCH3 is 1. The van der Waals surface area contributed by atoms with Crippen molar-refractivity contribution in [3.05, 3.63) is 0 Å². The van der Waals surface area contributed by atoms with E-state index in [1.165, 1.54) is 39.5 Å². The minimum absolute atomic E-state index is 0.294. The summed E-state index contributed by atoms with van der Waals surface area (Å²) in [6.07, 6.45) is 6.92. The summed E-state index contributed by atoms with van der Waals surface area (Å²) in [5, 5.41) is 0. The molecule has 0 aromatic carbocycles. The summed E-state index contributed by atoms with van der Waals surface area (Å²) in [6.45, 7) is 3.63. The van der Waals surface area contributed by atoms with Crippen LogP contribution in [0.3, 0.4) is 0 Å². The van der Waals surface area contributed by atoms with Crippen LogP contribution in [0.2, 0.25) is 0 Å². The molecule has 1 aliphatic rings. The van der Waals surface area contributed by atoms with Crippen molar-refractivity contribution in [3.8, 4) is 0 Å². The molecule has 1 saturated heterocycles. The molecule has 0 amide bonds. The number of carbonyl (C=O) groups excluding carboxylic acids is 1. The zero-order valence-electron chi connectivity index (χ0n) is 10.3. The molecule has 1 fully saturated rings. The third-order valence-corrected chi connectivity index (χ3v) is 3.19. The molecule has 0 unspecified atom stereocenters. The SMILES string of the molecule is COC(=O)[C@H](N)CCCCN1CCCCC1. The van der Waals surface area contributed by atoms with E-state index in [1.54, 1.807) is 0 Å². The van der Waals surface area contributed by atoms with E-state index >= 15 is 0 Å². The topological polar surface area (TPSA) is 55.6 Å². The van der Waals surface area contributed by atoms with Gasteiger partial charge in [0, 0.05) is 0 Å². The van der Waals surface area contributed by atoms with Gasteiger partial charge in [0.05, 0.1) is 7.11 Å².